The van der Waals surface area contributed by atoms with Gasteiger partial charge in [0.05, 0.1) is 4.92 Å². The smallest absolute Gasteiger partial charge is 0.270 e. The van der Waals surface area contributed by atoms with Crippen LogP contribution in [0.1, 0.15) is 20.7 Å². The van der Waals surface area contributed by atoms with Crippen LogP contribution in [0.2, 0.25) is 0 Å². The number of rotatable bonds is 8. The van der Waals surface area contributed by atoms with Crippen LogP contribution in [0.4, 0.5) is 5.69 Å². The van der Waals surface area contributed by atoms with Crippen molar-refractivity contribution in [2.45, 2.75) is 0 Å². The van der Waals surface area contributed by atoms with E-state index < -0.39 is 16.7 Å². The van der Waals surface area contributed by atoms with Gasteiger partial charge in [-0.05, 0) is 48.6 Å². The van der Waals surface area contributed by atoms with Crippen LogP contribution in [0.25, 0.3) is 0 Å². The van der Waals surface area contributed by atoms with Gasteiger partial charge >= 0.3 is 0 Å². The van der Waals surface area contributed by atoms with Crippen molar-refractivity contribution in [1.29, 1.82) is 0 Å². The fourth-order valence-electron chi connectivity index (χ4n) is 2.72. The molecule has 3 N–H and O–H groups in total. The zero-order valence-corrected chi connectivity index (χ0v) is 18.5. The maximum atomic E-state index is 12.5. The molecule has 0 bridgehead atoms. The molecule has 0 atom stereocenters. The molecule has 10 nitrogen and oxygen atoms in total. The molecule has 0 spiro atoms. The first kappa shape index (κ1) is 24.1. The minimum Gasteiger partial charge on any atom is -0.490 e. The Morgan fingerprint density at radius 3 is 2.12 bits per heavy atom. The molecule has 174 valence electrons. The van der Waals surface area contributed by atoms with Crippen molar-refractivity contribution in [3.8, 4) is 11.5 Å². The van der Waals surface area contributed by atoms with Crippen LogP contribution in [-0.2, 0) is 0 Å². The van der Waals surface area contributed by atoms with Crippen LogP contribution in [0.5, 0.6) is 11.5 Å². The standard InChI is InChI=1S/C23H20N4O6S/c28-21(24-23(34)26-25-22(29)16-6-4-8-18(14-16)27(30)31)17-7-5-11-20(15-17)33-13-12-32-19-9-2-1-3-10-19/h1-11,14-15H,12-13H2,(H,25,29)(H2,24,26,28,34). The van der Waals surface area contributed by atoms with E-state index in [1.165, 1.54) is 18.2 Å². The van der Waals surface area contributed by atoms with Gasteiger partial charge in [-0.15, -0.1) is 0 Å². The number of amides is 2. The number of hydrazine groups is 1. The molecule has 0 saturated heterocycles. The Morgan fingerprint density at radius 2 is 1.41 bits per heavy atom. The van der Waals surface area contributed by atoms with E-state index in [9.17, 15) is 19.7 Å². The molecule has 0 aliphatic rings. The highest BCUT2D eigenvalue weighted by atomic mass is 32.1. The monoisotopic (exact) mass is 480 g/mol. The topological polar surface area (TPSA) is 132 Å². The number of thiocarbonyl (C=S) groups is 1. The molecule has 0 radical (unpaired) electrons. The molecular formula is C23H20N4O6S. The second kappa shape index (κ2) is 11.9. The van der Waals surface area contributed by atoms with Crippen molar-refractivity contribution in [2.24, 2.45) is 0 Å². The van der Waals surface area contributed by atoms with Gasteiger partial charge in [0, 0.05) is 23.3 Å². The molecular weight excluding hydrogens is 460 g/mol. The third kappa shape index (κ3) is 7.28. The zero-order chi connectivity index (χ0) is 24.3. The summed E-state index contributed by atoms with van der Waals surface area (Å²) >= 11 is 5.02. The first-order valence-electron chi connectivity index (χ1n) is 9.99. The summed E-state index contributed by atoms with van der Waals surface area (Å²) in [6.45, 7) is 0.613. The second-order valence-electron chi connectivity index (χ2n) is 6.71. The largest absolute Gasteiger partial charge is 0.490 e. The minimum atomic E-state index is -0.659. The lowest BCUT2D eigenvalue weighted by Gasteiger charge is -2.12. The van der Waals surface area contributed by atoms with Crippen molar-refractivity contribution < 1.29 is 24.0 Å². The number of carbonyl (C=O) groups excluding carboxylic acids is 2. The lowest BCUT2D eigenvalue weighted by Crippen LogP contribution is -2.48. The van der Waals surface area contributed by atoms with Crippen molar-refractivity contribution in [3.63, 3.8) is 0 Å². The number of ether oxygens (including phenoxy) is 2. The van der Waals surface area contributed by atoms with Crippen LogP contribution >= 0.6 is 12.2 Å². The molecule has 0 aromatic heterocycles. The average molecular weight is 481 g/mol. The Morgan fingerprint density at radius 1 is 0.794 bits per heavy atom. The highest BCUT2D eigenvalue weighted by Gasteiger charge is 2.13. The average Bonchev–Trinajstić information content (AvgIpc) is 2.86. The Bertz CT molecular complexity index is 1190. The van der Waals surface area contributed by atoms with Gasteiger partial charge in [-0.3, -0.25) is 35.9 Å². The Labute approximate surface area is 200 Å². The van der Waals surface area contributed by atoms with Gasteiger partial charge in [-0.2, -0.15) is 0 Å². The predicted molar refractivity (Wildman–Crippen MR) is 128 cm³/mol. The number of non-ortho nitro benzene ring substituents is 1. The molecule has 34 heavy (non-hydrogen) atoms. The zero-order valence-electron chi connectivity index (χ0n) is 17.7. The summed E-state index contributed by atoms with van der Waals surface area (Å²) < 4.78 is 11.2. The summed E-state index contributed by atoms with van der Waals surface area (Å²) in [5.74, 6) is 0.0292. The number of nitro benzene ring substituents is 1. The lowest BCUT2D eigenvalue weighted by atomic mass is 10.2. The van der Waals surface area contributed by atoms with E-state index in [0.717, 1.165) is 11.8 Å². The van der Waals surface area contributed by atoms with E-state index in [2.05, 4.69) is 16.2 Å². The van der Waals surface area contributed by atoms with Gasteiger partial charge in [0.15, 0.2) is 5.11 Å². The molecule has 3 aromatic carbocycles. The Kier molecular flexibility index (Phi) is 8.47. The molecule has 2 amide bonds. The maximum absolute atomic E-state index is 12.5. The van der Waals surface area contributed by atoms with Gasteiger partial charge < -0.3 is 9.47 Å². The molecule has 0 unspecified atom stereocenters. The summed E-state index contributed by atoms with van der Waals surface area (Å²) in [5.41, 5.74) is 4.78. The molecule has 0 aliphatic heterocycles. The fourth-order valence-corrected chi connectivity index (χ4v) is 2.86. The van der Waals surface area contributed by atoms with Gasteiger partial charge in [-0.1, -0.05) is 30.3 Å². The van der Waals surface area contributed by atoms with E-state index in [4.69, 9.17) is 21.7 Å². The first-order valence-corrected chi connectivity index (χ1v) is 10.4. The Hall–Kier alpha value is -4.51. The molecule has 0 heterocycles. The van der Waals surface area contributed by atoms with E-state index in [0.29, 0.717) is 12.4 Å². The fraction of sp³-hybridized carbons (Fsp3) is 0.0870. The quantitative estimate of drug-likeness (QED) is 0.194. The van der Waals surface area contributed by atoms with E-state index >= 15 is 0 Å². The first-order chi connectivity index (χ1) is 16.4. The number of hydrogen-bond donors (Lipinski definition) is 3. The SMILES string of the molecule is O=C(NNC(=S)NC(=O)c1cccc(OCCOc2ccccc2)c1)c1cccc([N+](=O)[O-])c1. The molecule has 0 saturated carbocycles. The van der Waals surface area contributed by atoms with E-state index in [-0.39, 0.29) is 28.5 Å². The van der Waals surface area contributed by atoms with Gasteiger partial charge in [0.1, 0.15) is 24.7 Å². The number of hydrogen-bond acceptors (Lipinski definition) is 7. The number of nitrogens with one attached hydrogen (secondary N) is 3. The number of benzene rings is 3. The summed E-state index contributed by atoms with van der Waals surface area (Å²) in [6, 6.07) is 21.0. The number of nitrogens with zero attached hydrogens (tertiary/aromatic N) is 1. The van der Waals surface area contributed by atoms with Gasteiger partial charge in [0.2, 0.25) is 0 Å². The molecule has 3 aromatic rings. The molecule has 0 aliphatic carbocycles. The summed E-state index contributed by atoms with van der Waals surface area (Å²) in [4.78, 5) is 34.8. The van der Waals surface area contributed by atoms with Gasteiger partial charge in [-0.25, -0.2) is 0 Å². The summed E-state index contributed by atoms with van der Waals surface area (Å²) in [7, 11) is 0. The van der Waals surface area contributed by atoms with Crippen LogP contribution in [0, 0.1) is 10.1 Å². The van der Waals surface area contributed by atoms with Crippen molar-refractivity contribution in [3.05, 3.63) is 100 Å². The van der Waals surface area contributed by atoms with Crippen LogP contribution in [-0.4, -0.2) is 35.1 Å². The molecule has 11 heteroatoms. The van der Waals surface area contributed by atoms with Crippen LogP contribution < -0.4 is 25.6 Å². The van der Waals surface area contributed by atoms with Crippen molar-refractivity contribution >= 4 is 34.8 Å². The number of nitro groups is 1. The maximum Gasteiger partial charge on any atom is 0.270 e. The summed E-state index contributed by atoms with van der Waals surface area (Å²) in [6.07, 6.45) is 0. The summed E-state index contributed by atoms with van der Waals surface area (Å²) in [5, 5.41) is 13.1. The predicted octanol–water partition coefficient (Wildman–Crippen LogP) is 3.00. The molecule has 0 fully saturated rings. The highest BCUT2D eigenvalue weighted by molar-refractivity contribution is 7.80. The third-order valence-corrected chi connectivity index (χ3v) is 4.50. The number of para-hydroxylation sites is 1. The molecule has 3 rings (SSSR count). The minimum absolute atomic E-state index is 0.0527. The van der Waals surface area contributed by atoms with Crippen molar-refractivity contribution in [1.82, 2.24) is 16.2 Å². The van der Waals surface area contributed by atoms with E-state index in [1.807, 2.05) is 30.3 Å². The van der Waals surface area contributed by atoms with E-state index in [1.54, 1.807) is 24.3 Å². The van der Waals surface area contributed by atoms with Crippen LogP contribution in [0.15, 0.2) is 78.9 Å². The number of carbonyl (C=O) groups is 2. The third-order valence-electron chi connectivity index (χ3n) is 4.30. The lowest BCUT2D eigenvalue weighted by molar-refractivity contribution is -0.384. The normalized spacial score (nSPS) is 10.0. The Balaban J connectivity index is 1.45. The second-order valence-corrected chi connectivity index (χ2v) is 7.12. The van der Waals surface area contributed by atoms with Crippen LogP contribution in [0.3, 0.4) is 0 Å². The highest BCUT2D eigenvalue weighted by Crippen LogP contribution is 2.14. The van der Waals surface area contributed by atoms with Gasteiger partial charge in [0.25, 0.3) is 17.5 Å². The van der Waals surface area contributed by atoms with Crippen molar-refractivity contribution in [2.75, 3.05) is 13.2 Å².